The summed E-state index contributed by atoms with van der Waals surface area (Å²) in [6.45, 7) is 11.5. The minimum absolute atomic E-state index is 0.593. The van der Waals surface area contributed by atoms with Gasteiger partial charge >= 0.3 is 0 Å². The van der Waals surface area contributed by atoms with Crippen LogP contribution in [-0.4, -0.2) is 34.0 Å². The van der Waals surface area contributed by atoms with Crippen LogP contribution in [0.1, 0.15) is 39.8 Å². The van der Waals surface area contributed by atoms with Gasteiger partial charge in [0.1, 0.15) is 5.82 Å². The Labute approximate surface area is 104 Å². The third-order valence-electron chi connectivity index (χ3n) is 3.05. The largest absolute Gasteiger partial charge is 0.369 e. The third kappa shape index (κ3) is 4.30. The highest BCUT2D eigenvalue weighted by atomic mass is 15.2. The van der Waals surface area contributed by atoms with Gasteiger partial charge in [0.25, 0.3) is 0 Å². The molecule has 0 amide bonds. The molecule has 1 atom stereocenters. The maximum atomic E-state index is 4.44. The van der Waals surface area contributed by atoms with Gasteiger partial charge in [-0.25, -0.2) is 4.98 Å². The molecule has 0 aliphatic carbocycles. The van der Waals surface area contributed by atoms with Gasteiger partial charge in [-0.2, -0.15) is 0 Å². The van der Waals surface area contributed by atoms with E-state index < -0.39 is 0 Å². The molecule has 1 aromatic heterocycles. The van der Waals surface area contributed by atoms with Crippen LogP contribution in [0.4, 0.5) is 5.82 Å². The van der Waals surface area contributed by atoms with E-state index in [1.807, 2.05) is 12.4 Å². The lowest BCUT2D eigenvalue weighted by Crippen LogP contribution is -2.32. The first-order valence-corrected chi connectivity index (χ1v) is 6.50. The Hall–Kier alpha value is -1.16. The molecule has 1 unspecified atom stereocenters. The number of hydrogen-bond acceptors (Lipinski definition) is 4. The molecule has 0 saturated heterocycles. The van der Waals surface area contributed by atoms with Gasteiger partial charge in [-0.1, -0.05) is 13.8 Å². The van der Waals surface area contributed by atoms with Crippen molar-refractivity contribution in [2.24, 2.45) is 0 Å². The summed E-state index contributed by atoms with van der Waals surface area (Å²) in [5, 5.41) is 3.15. The quantitative estimate of drug-likeness (QED) is 0.790. The molecule has 1 N–H and O–H groups in total. The van der Waals surface area contributed by atoms with Crippen molar-refractivity contribution in [3.63, 3.8) is 0 Å². The summed E-state index contributed by atoms with van der Waals surface area (Å²) in [6, 6.07) is 0.593. The van der Waals surface area contributed by atoms with Crippen molar-refractivity contribution in [3.8, 4) is 0 Å². The second kappa shape index (κ2) is 7.22. The fourth-order valence-electron chi connectivity index (χ4n) is 1.75. The average molecular weight is 236 g/mol. The Kier molecular flexibility index (Phi) is 5.91. The highest BCUT2D eigenvalue weighted by molar-refractivity contribution is 5.30. The van der Waals surface area contributed by atoms with Gasteiger partial charge in [-0.15, -0.1) is 0 Å². The summed E-state index contributed by atoms with van der Waals surface area (Å²) in [5.41, 5.74) is 1.04. The summed E-state index contributed by atoms with van der Waals surface area (Å²) in [5.74, 6) is 0.850. The molecule has 0 aliphatic rings. The van der Waals surface area contributed by atoms with Crippen LogP contribution >= 0.6 is 0 Å². The summed E-state index contributed by atoms with van der Waals surface area (Å²) in [6.07, 6.45) is 4.84. The lowest BCUT2D eigenvalue weighted by molar-refractivity contribution is 0.203. The second-order valence-electron chi connectivity index (χ2n) is 4.24. The van der Waals surface area contributed by atoms with Crippen molar-refractivity contribution in [3.05, 3.63) is 18.1 Å². The zero-order valence-corrected chi connectivity index (χ0v) is 11.4. The normalized spacial score (nSPS) is 12.8. The maximum Gasteiger partial charge on any atom is 0.144 e. The number of nitrogens with one attached hydrogen (secondary N) is 1. The lowest BCUT2D eigenvalue weighted by atomic mass is 10.2. The Bertz CT molecular complexity index is 310. The second-order valence-corrected chi connectivity index (χ2v) is 4.24. The number of hydrogen-bond donors (Lipinski definition) is 1. The zero-order valence-electron chi connectivity index (χ0n) is 11.4. The van der Waals surface area contributed by atoms with Gasteiger partial charge in [0.2, 0.25) is 0 Å². The van der Waals surface area contributed by atoms with Gasteiger partial charge in [0.05, 0.1) is 18.1 Å². The molecule has 4 heteroatoms. The standard InChI is InChI=1S/C13H24N4/c1-5-11(4)17(7-3)10-12-8-16-13(9-15-12)14-6-2/h8-9,11H,5-7,10H2,1-4H3,(H,14,16). The molecule has 0 radical (unpaired) electrons. The average Bonchev–Trinajstić information content (AvgIpc) is 2.37. The van der Waals surface area contributed by atoms with E-state index in [4.69, 9.17) is 0 Å². The van der Waals surface area contributed by atoms with Crippen LogP contribution in [0.15, 0.2) is 12.4 Å². The molecule has 96 valence electrons. The van der Waals surface area contributed by atoms with Crippen molar-refractivity contribution in [2.75, 3.05) is 18.4 Å². The number of aromatic nitrogens is 2. The van der Waals surface area contributed by atoms with Gasteiger partial charge in [0, 0.05) is 19.1 Å². The highest BCUT2D eigenvalue weighted by Crippen LogP contribution is 2.09. The molecule has 0 aromatic carbocycles. The minimum atomic E-state index is 0.593. The van der Waals surface area contributed by atoms with Crippen molar-refractivity contribution in [1.82, 2.24) is 14.9 Å². The van der Waals surface area contributed by atoms with E-state index in [9.17, 15) is 0 Å². The van der Waals surface area contributed by atoms with Crippen molar-refractivity contribution in [1.29, 1.82) is 0 Å². The summed E-state index contributed by atoms with van der Waals surface area (Å²) in [7, 11) is 0. The Morgan fingerprint density at radius 1 is 1.24 bits per heavy atom. The first kappa shape index (κ1) is 13.9. The summed E-state index contributed by atoms with van der Waals surface area (Å²) >= 11 is 0. The fraction of sp³-hybridized carbons (Fsp3) is 0.692. The van der Waals surface area contributed by atoms with E-state index in [1.165, 1.54) is 0 Å². The van der Waals surface area contributed by atoms with E-state index in [1.54, 1.807) is 0 Å². The van der Waals surface area contributed by atoms with Crippen molar-refractivity contribution >= 4 is 5.82 Å². The molecule has 1 rings (SSSR count). The Morgan fingerprint density at radius 3 is 2.47 bits per heavy atom. The molecule has 0 aliphatic heterocycles. The summed E-state index contributed by atoms with van der Waals surface area (Å²) in [4.78, 5) is 11.2. The topological polar surface area (TPSA) is 41.1 Å². The van der Waals surface area contributed by atoms with Crippen LogP contribution in [0.25, 0.3) is 0 Å². The fourth-order valence-corrected chi connectivity index (χ4v) is 1.75. The van der Waals surface area contributed by atoms with Crippen molar-refractivity contribution < 1.29 is 0 Å². The first-order chi connectivity index (χ1) is 8.21. The van der Waals surface area contributed by atoms with E-state index in [0.29, 0.717) is 6.04 Å². The Morgan fingerprint density at radius 2 is 2.00 bits per heavy atom. The SMILES string of the molecule is CCNc1cnc(CN(CC)C(C)CC)cn1. The molecule has 0 saturated carbocycles. The van der Waals surface area contributed by atoms with Crippen molar-refractivity contribution in [2.45, 2.75) is 46.7 Å². The van der Waals surface area contributed by atoms with E-state index in [-0.39, 0.29) is 0 Å². The van der Waals surface area contributed by atoms with Gasteiger partial charge in [-0.05, 0) is 26.8 Å². The molecule has 0 fully saturated rings. The van der Waals surface area contributed by atoms with E-state index in [2.05, 4.69) is 47.9 Å². The Balaban J connectivity index is 2.60. The van der Waals surface area contributed by atoms with E-state index >= 15 is 0 Å². The smallest absolute Gasteiger partial charge is 0.144 e. The molecule has 0 bridgehead atoms. The summed E-state index contributed by atoms with van der Waals surface area (Å²) < 4.78 is 0. The number of rotatable bonds is 7. The van der Waals surface area contributed by atoms with Crippen LogP contribution in [0.2, 0.25) is 0 Å². The predicted molar refractivity (Wildman–Crippen MR) is 72.0 cm³/mol. The van der Waals surface area contributed by atoms with Gasteiger partial charge < -0.3 is 5.32 Å². The molecule has 17 heavy (non-hydrogen) atoms. The maximum absolute atomic E-state index is 4.44. The van der Waals surface area contributed by atoms with E-state index in [0.717, 1.165) is 37.6 Å². The molecular formula is C13H24N4. The highest BCUT2D eigenvalue weighted by Gasteiger charge is 2.11. The van der Waals surface area contributed by atoms with Crippen LogP contribution < -0.4 is 5.32 Å². The van der Waals surface area contributed by atoms with Gasteiger partial charge in [-0.3, -0.25) is 9.88 Å². The third-order valence-corrected chi connectivity index (χ3v) is 3.05. The zero-order chi connectivity index (χ0) is 12.7. The molecule has 4 nitrogen and oxygen atoms in total. The number of anilines is 1. The first-order valence-electron chi connectivity index (χ1n) is 6.50. The van der Waals surface area contributed by atoms with Crippen LogP contribution in [0.5, 0.6) is 0 Å². The molecular weight excluding hydrogens is 212 g/mol. The van der Waals surface area contributed by atoms with Crippen LogP contribution in [-0.2, 0) is 6.54 Å². The number of nitrogens with zero attached hydrogens (tertiary/aromatic N) is 3. The van der Waals surface area contributed by atoms with Gasteiger partial charge in [0.15, 0.2) is 0 Å². The molecule has 0 spiro atoms. The lowest BCUT2D eigenvalue weighted by Gasteiger charge is -2.26. The molecule has 1 heterocycles. The monoisotopic (exact) mass is 236 g/mol. The van der Waals surface area contributed by atoms with Crippen LogP contribution in [0, 0.1) is 0 Å². The van der Waals surface area contributed by atoms with Crippen LogP contribution in [0.3, 0.4) is 0 Å². The predicted octanol–water partition coefficient (Wildman–Crippen LogP) is 2.53. The minimum Gasteiger partial charge on any atom is -0.369 e. The molecule has 1 aromatic rings.